The zero-order valence-corrected chi connectivity index (χ0v) is 12.9. The van der Waals surface area contributed by atoms with Crippen molar-refractivity contribution in [2.45, 2.75) is 46.1 Å². The van der Waals surface area contributed by atoms with E-state index in [1.165, 1.54) is 17.9 Å². The highest BCUT2D eigenvalue weighted by Crippen LogP contribution is 2.25. The van der Waals surface area contributed by atoms with Gasteiger partial charge in [0, 0.05) is 30.3 Å². The lowest BCUT2D eigenvalue weighted by molar-refractivity contribution is 0.797. The number of aryl methyl sites for hydroxylation is 1. The average Bonchev–Trinajstić information content (AvgIpc) is 2.92. The Morgan fingerprint density at radius 2 is 2.05 bits per heavy atom. The molecule has 1 atom stereocenters. The van der Waals surface area contributed by atoms with Gasteiger partial charge in [-0.1, -0.05) is 13.8 Å². The van der Waals surface area contributed by atoms with Crippen molar-refractivity contribution >= 4 is 23.4 Å². The zero-order chi connectivity index (χ0) is 13.7. The van der Waals surface area contributed by atoms with Crippen molar-refractivity contribution in [3.05, 3.63) is 11.4 Å². The number of aromatic nitrogens is 2. The fourth-order valence-electron chi connectivity index (χ4n) is 2.12. The molecule has 1 saturated heterocycles. The Hall–Kier alpha value is -0.970. The highest BCUT2D eigenvalue weighted by Gasteiger charge is 2.18. The molecule has 1 aliphatic rings. The maximum absolute atomic E-state index is 4.65. The van der Waals surface area contributed by atoms with Gasteiger partial charge in [-0.15, -0.1) is 0 Å². The molecule has 0 saturated carbocycles. The Balaban J connectivity index is 2.19. The molecule has 2 heterocycles. The van der Waals surface area contributed by atoms with E-state index in [-0.39, 0.29) is 0 Å². The molecule has 4 nitrogen and oxygen atoms in total. The summed E-state index contributed by atoms with van der Waals surface area (Å²) in [5, 5.41) is 7.00. The Morgan fingerprint density at radius 3 is 2.68 bits per heavy atom. The van der Waals surface area contributed by atoms with Crippen LogP contribution < -0.4 is 10.6 Å². The zero-order valence-electron chi connectivity index (χ0n) is 12.1. The standard InChI is InChI=1S/C14H24N4S/c1-4-7-15-13-10(3)14(18-12(5-2)17-13)16-11-6-8-19-9-11/h11H,4-9H2,1-3H3,(H2,15,16,17,18). The average molecular weight is 280 g/mol. The number of hydrogen-bond acceptors (Lipinski definition) is 5. The van der Waals surface area contributed by atoms with Crippen LogP contribution in [0.3, 0.4) is 0 Å². The first kappa shape index (κ1) is 14.4. The third-order valence-electron chi connectivity index (χ3n) is 3.32. The molecule has 0 spiro atoms. The quantitative estimate of drug-likeness (QED) is 0.838. The van der Waals surface area contributed by atoms with E-state index in [1.807, 2.05) is 11.8 Å². The van der Waals surface area contributed by atoms with Crippen LogP contribution in [0.15, 0.2) is 0 Å². The summed E-state index contributed by atoms with van der Waals surface area (Å²) >= 11 is 2.01. The number of anilines is 2. The van der Waals surface area contributed by atoms with Crippen LogP contribution in [0, 0.1) is 6.92 Å². The van der Waals surface area contributed by atoms with Crippen LogP contribution in [-0.2, 0) is 6.42 Å². The molecule has 19 heavy (non-hydrogen) atoms. The molecule has 1 aliphatic heterocycles. The molecule has 0 bridgehead atoms. The summed E-state index contributed by atoms with van der Waals surface area (Å²) in [6.45, 7) is 7.32. The van der Waals surface area contributed by atoms with E-state index < -0.39 is 0 Å². The molecular formula is C14H24N4S. The summed E-state index contributed by atoms with van der Waals surface area (Å²) in [6, 6.07) is 0.558. The largest absolute Gasteiger partial charge is 0.370 e. The van der Waals surface area contributed by atoms with E-state index in [9.17, 15) is 0 Å². The minimum Gasteiger partial charge on any atom is -0.370 e. The van der Waals surface area contributed by atoms with E-state index in [0.717, 1.165) is 42.4 Å². The summed E-state index contributed by atoms with van der Waals surface area (Å²) in [5.41, 5.74) is 1.14. The van der Waals surface area contributed by atoms with Crippen LogP contribution in [0.4, 0.5) is 11.6 Å². The molecule has 2 rings (SSSR count). The smallest absolute Gasteiger partial charge is 0.135 e. The molecule has 106 valence electrons. The number of nitrogens with zero attached hydrogens (tertiary/aromatic N) is 2. The fraction of sp³-hybridized carbons (Fsp3) is 0.714. The molecule has 2 N–H and O–H groups in total. The summed E-state index contributed by atoms with van der Waals surface area (Å²) in [4.78, 5) is 9.25. The van der Waals surface area contributed by atoms with Gasteiger partial charge in [0.1, 0.15) is 17.5 Å². The minimum absolute atomic E-state index is 0.558. The Labute approximate surface area is 120 Å². The van der Waals surface area contributed by atoms with Crippen LogP contribution in [0.1, 0.15) is 38.1 Å². The Bertz CT molecular complexity index is 416. The van der Waals surface area contributed by atoms with Gasteiger partial charge in [0.05, 0.1) is 0 Å². The van der Waals surface area contributed by atoms with Gasteiger partial charge < -0.3 is 10.6 Å². The van der Waals surface area contributed by atoms with Gasteiger partial charge in [-0.25, -0.2) is 9.97 Å². The second-order valence-electron chi connectivity index (χ2n) is 4.95. The van der Waals surface area contributed by atoms with E-state index >= 15 is 0 Å². The van der Waals surface area contributed by atoms with Crippen molar-refractivity contribution in [2.75, 3.05) is 28.7 Å². The summed E-state index contributed by atoms with van der Waals surface area (Å²) < 4.78 is 0. The maximum atomic E-state index is 4.65. The summed E-state index contributed by atoms with van der Waals surface area (Å²) in [6.07, 6.45) is 3.20. The molecule has 0 aromatic carbocycles. The lowest BCUT2D eigenvalue weighted by Crippen LogP contribution is -2.21. The normalized spacial score (nSPS) is 18.6. The fourth-order valence-corrected chi connectivity index (χ4v) is 3.27. The molecule has 0 radical (unpaired) electrons. The van der Waals surface area contributed by atoms with Crippen LogP contribution in [0.2, 0.25) is 0 Å². The molecule has 0 amide bonds. The second-order valence-corrected chi connectivity index (χ2v) is 6.10. The van der Waals surface area contributed by atoms with Crippen LogP contribution in [0.5, 0.6) is 0 Å². The van der Waals surface area contributed by atoms with Crippen molar-refractivity contribution < 1.29 is 0 Å². The Kier molecular flexibility index (Phi) is 5.31. The summed E-state index contributed by atoms with van der Waals surface area (Å²) in [5.74, 6) is 5.35. The highest BCUT2D eigenvalue weighted by molar-refractivity contribution is 7.99. The molecular weight excluding hydrogens is 256 g/mol. The number of hydrogen-bond donors (Lipinski definition) is 2. The van der Waals surface area contributed by atoms with E-state index in [0.29, 0.717) is 6.04 Å². The van der Waals surface area contributed by atoms with Crippen molar-refractivity contribution in [3.8, 4) is 0 Å². The van der Waals surface area contributed by atoms with E-state index in [2.05, 4.69) is 41.4 Å². The van der Waals surface area contributed by atoms with Gasteiger partial charge in [-0.3, -0.25) is 0 Å². The van der Waals surface area contributed by atoms with Gasteiger partial charge in [-0.05, 0) is 25.5 Å². The lowest BCUT2D eigenvalue weighted by atomic mass is 10.2. The van der Waals surface area contributed by atoms with Crippen LogP contribution in [0.25, 0.3) is 0 Å². The van der Waals surface area contributed by atoms with Crippen molar-refractivity contribution in [1.82, 2.24) is 9.97 Å². The molecule has 0 aliphatic carbocycles. The minimum atomic E-state index is 0.558. The van der Waals surface area contributed by atoms with E-state index in [1.54, 1.807) is 0 Å². The van der Waals surface area contributed by atoms with Crippen molar-refractivity contribution in [3.63, 3.8) is 0 Å². The lowest BCUT2D eigenvalue weighted by Gasteiger charge is -2.17. The van der Waals surface area contributed by atoms with Gasteiger partial charge in [0.2, 0.25) is 0 Å². The number of rotatable bonds is 6. The predicted molar refractivity (Wildman–Crippen MR) is 84.3 cm³/mol. The van der Waals surface area contributed by atoms with Gasteiger partial charge in [0.25, 0.3) is 0 Å². The first-order valence-electron chi connectivity index (χ1n) is 7.20. The first-order chi connectivity index (χ1) is 9.24. The number of thioether (sulfide) groups is 1. The van der Waals surface area contributed by atoms with E-state index in [4.69, 9.17) is 0 Å². The topological polar surface area (TPSA) is 49.8 Å². The third kappa shape index (κ3) is 3.75. The maximum Gasteiger partial charge on any atom is 0.135 e. The predicted octanol–water partition coefficient (Wildman–Crippen LogP) is 3.09. The molecule has 1 aromatic rings. The molecule has 1 fully saturated rings. The van der Waals surface area contributed by atoms with Crippen molar-refractivity contribution in [1.29, 1.82) is 0 Å². The second kappa shape index (κ2) is 6.98. The number of nitrogens with one attached hydrogen (secondary N) is 2. The Morgan fingerprint density at radius 1 is 1.26 bits per heavy atom. The summed E-state index contributed by atoms with van der Waals surface area (Å²) in [7, 11) is 0. The van der Waals surface area contributed by atoms with Crippen LogP contribution >= 0.6 is 11.8 Å². The third-order valence-corrected chi connectivity index (χ3v) is 4.48. The van der Waals surface area contributed by atoms with Crippen molar-refractivity contribution in [2.24, 2.45) is 0 Å². The molecule has 5 heteroatoms. The molecule has 1 aromatic heterocycles. The van der Waals surface area contributed by atoms with Gasteiger partial charge >= 0.3 is 0 Å². The monoisotopic (exact) mass is 280 g/mol. The SMILES string of the molecule is CCCNc1nc(CC)nc(NC2CCSC2)c1C. The van der Waals surface area contributed by atoms with Gasteiger partial charge in [0.15, 0.2) is 0 Å². The first-order valence-corrected chi connectivity index (χ1v) is 8.35. The molecule has 1 unspecified atom stereocenters. The highest BCUT2D eigenvalue weighted by atomic mass is 32.2. The van der Waals surface area contributed by atoms with Gasteiger partial charge in [-0.2, -0.15) is 11.8 Å². The van der Waals surface area contributed by atoms with Crippen LogP contribution in [-0.4, -0.2) is 34.1 Å².